The van der Waals surface area contributed by atoms with Crippen LogP contribution in [-0.2, 0) is 28.7 Å². The number of carbonyl (C=O) groups is 4. The van der Waals surface area contributed by atoms with E-state index in [-0.39, 0.29) is 19.3 Å². The van der Waals surface area contributed by atoms with E-state index in [1.165, 1.54) is 4.90 Å². The summed E-state index contributed by atoms with van der Waals surface area (Å²) in [6.45, 7) is 3.44. The molecular weight excluding hydrogens is 302 g/mol. The lowest BCUT2D eigenvalue weighted by Crippen LogP contribution is -2.50. The molecule has 0 aromatic carbocycles. The maximum atomic E-state index is 12.4. The molecule has 23 heavy (non-hydrogen) atoms. The van der Waals surface area contributed by atoms with Crippen LogP contribution in [0, 0.1) is 5.92 Å². The molecule has 2 aliphatic rings. The third kappa shape index (κ3) is 3.38. The number of nitrogens with zero attached hydrogens (tertiary/aromatic N) is 1. The smallest absolute Gasteiger partial charge is 0.330 e. The first-order valence-corrected chi connectivity index (χ1v) is 8.22. The Labute approximate surface area is 135 Å². The molecule has 1 aliphatic carbocycles. The molecule has 1 saturated heterocycles. The highest BCUT2D eigenvalue weighted by Gasteiger charge is 2.57. The minimum atomic E-state index is -1.41. The van der Waals surface area contributed by atoms with Gasteiger partial charge in [-0.3, -0.25) is 14.4 Å². The zero-order valence-electron chi connectivity index (χ0n) is 13.6. The third-order valence-corrected chi connectivity index (χ3v) is 4.38. The average Bonchev–Trinajstić information content (AvgIpc) is 2.81. The zero-order chi connectivity index (χ0) is 17.0. The van der Waals surface area contributed by atoms with Gasteiger partial charge in [-0.05, 0) is 26.7 Å². The summed E-state index contributed by atoms with van der Waals surface area (Å²) >= 11 is 0. The van der Waals surface area contributed by atoms with Gasteiger partial charge in [0, 0.05) is 6.04 Å². The predicted octanol–water partition coefficient (Wildman–Crippen LogP) is 0.841. The second kappa shape index (κ2) is 7.57. The number of esters is 2. The molecule has 1 heterocycles. The van der Waals surface area contributed by atoms with Crippen molar-refractivity contribution >= 4 is 23.6 Å². The Morgan fingerprint density at radius 1 is 1.00 bits per heavy atom. The number of hydrogen-bond acceptors (Lipinski definition) is 6. The maximum Gasteiger partial charge on any atom is 0.330 e. The van der Waals surface area contributed by atoms with Crippen LogP contribution in [0.2, 0.25) is 0 Å². The van der Waals surface area contributed by atoms with Gasteiger partial charge in [-0.1, -0.05) is 19.3 Å². The molecule has 2 fully saturated rings. The van der Waals surface area contributed by atoms with E-state index < -0.39 is 35.6 Å². The quantitative estimate of drug-likeness (QED) is 0.423. The van der Waals surface area contributed by atoms with Gasteiger partial charge in [-0.15, -0.1) is 0 Å². The largest absolute Gasteiger partial charge is 0.465 e. The zero-order valence-corrected chi connectivity index (χ0v) is 13.6. The highest BCUT2D eigenvalue weighted by Crippen LogP contribution is 2.33. The Morgan fingerprint density at radius 3 is 2.13 bits per heavy atom. The van der Waals surface area contributed by atoms with Crippen molar-refractivity contribution in [2.75, 3.05) is 13.2 Å². The number of ketones is 1. The number of ether oxygens (including phenoxy) is 2. The van der Waals surface area contributed by atoms with Crippen LogP contribution in [0.1, 0.15) is 46.0 Å². The summed E-state index contributed by atoms with van der Waals surface area (Å²) in [6, 6.07) is -1.40. The normalized spacial score (nSPS) is 25.6. The van der Waals surface area contributed by atoms with Gasteiger partial charge in [0.1, 0.15) is 0 Å². The van der Waals surface area contributed by atoms with Crippen molar-refractivity contribution in [2.45, 2.75) is 58.0 Å². The van der Waals surface area contributed by atoms with Crippen LogP contribution in [-0.4, -0.2) is 53.8 Å². The summed E-state index contributed by atoms with van der Waals surface area (Å²) in [5, 5.41) is 0. The second-order valence-electron chi connectivity index (χ2n) is 5.80. The fourth-order valence-corrected chi connectivity index (χ4v) is 3.39. The van der Waals surface area contributed by atoms with Gasteiger partial charge in [0.05, 0.1) is 13.2 Å². The van der Waals surface area contributed by atoms with Crippen molar-refractivity contribution in [3.63, 3.8) is 0 Å². The fourth-order valence-electron chi connectivity index (χ4n) is 3.39. The molecule has 0 N–H and O–H groups in total. The standard InChI is InChI=1S/C16H23NO6/c1-3-22-15(20)11-12(16(21)23-4-2)17(14(19)13(11)18)10-8-6-5-7-9-10/h10-12H,3-9H2,1-2H3/t11-,12+/m1/s1. The monoisotopic (exact) mass is 325 g/mol. The minimum Gasteiger partial charge on any atom is -0.465 e. The van der Waals surface area contributed by atoms with Crippen LogP contribution < -0.4 is 0 Å². The number of carbonyl (C=O) groups excluding carboxylic acids is 4. The third-order valence-electron chi connectivity index (χ3n) is 4.38. The molecule has 2 rings (SSSR count). The van der Waals surface area contributed by atoms with Crippen molar-refractivity contribution in [3.05, 3.63) is 0 Å². The van der Waals surface area contributed by atoms with Gasteiger partial charge in [0.15, 0.2) is 12.0 Å². The highest BCUT2D eigenvalue weighted by atomic mass is 16.5. The van der Waals surface area contributed by atoms with Crippen LogP contribution in [0.25, 0.3) is 0 Å². The lowest BCUT2D eigenvalue weighted by atomic mass is 9.92. The van der Waals surface area contributed by atoms with Gasteiger partial charge in [-0.25, -0.2) is 4.79 Å². The Morgan fingerprint density at radius 2 is 1.57 bits per heavy atom. The molecule has 0 bridgehead atoms. The number of amides is 1. The first-order valence-electron chi connectivity index (χ1n) is 8.22. The summed E-state index contributed by atoms with van der Waals surface area (Å²) < 4.78 is 9.90. The van der Waals surface area contributed by atoms with E-state index in [2.05, 4.69) is 0 Å². The molecule has 7 nitrogen and oxygen atoms in total. The van der Waals surface area contributed by atoms with Crippen molar-refractivity contribution < 1.29 is 28.7 Å². The molecule has 0 aromatic heterocycles. The topological polar surface area (TPSA) is 90.0 Å². The fraction of sp³-hybridized carbons (Fsp3) is 0.750. The van der Waals surface area contributed by atoms with E-state index in [0.717, 1.165) is 32.1 Å². The molecule has 2 atom stereocenters. The molecule has 1 amide bonds. The summed E-state index contributed by atoms with van der Waals surface area (Å²) in [6.07, 6.45) is 4.39. The van der Waals surface area contributed by atoms with Crippen molar-refractivity contribution in [1.82, 2.24) is 4.90 Å². The van der Waals surface area contributed by atoms with Gasteiger partial charge in [0.25, 0.3) is 5.91 Å². The molecule has 7 heteroatoms. The Kier molecular flexibility index (Phi) is 5.74. The molecule has 1 aliphatic heterocycles. The number of Topliss-reactive ketones (excluding diaryl/α,β-unsaturated/α-hetero) is 1. The van der Waals surface area contributed by atoms with E-state index in [4.69, 9.17) is 9.47 Å². The van der Waals surface area contributed by atoms with E-state index in [1.807, 2.05) is 0 Å². The van der Waals surface area contributed by atoms with Crippen molar-refractivity contribution in [1.29, 1.82) is 0 Å². The summed E-state index contributed by atoms with van der Waals surface area (Å²) in [5.41, 5.74) is 0. The second-order valence-corrected chi connectivity index (χ2v) is 5.80. The number of rotatable bonds is 5. The number of hydrogen-bond donors (Lipinski definition) is 0. The first-order chi connectivity index (χ1) is 11.0. The highest BCUT2D eigenvalue weighted by molar-refractivity contribution is 6.43. The Bertz CT molecular complexity index is 497. The van der Waals surface area contributed by atoms with E-state index in [1.54, 1.807) is 13.8 Å². The average molecular weight is 325 g/mol. The van der Waals surface area contributed by atoms with Gasteiger partial charge >= 0.3 is 11.9 Å². The molecule has 0 spiro atoms. The molecule has 128 valence electrons. The lowest BCUT2D eigenvalue weighted by molar-refractivity contribution is -0.161. The summed E-state index contributed by atoms with van der Waals surface area (Å²) in [5.74, 6) is -4.60. The van der Waals surface area contributed by atoms with Crippen molar-refractivity contribution in [2.24, 2.45) is 5.92 Å². The predicted molar refractivity (Wildman–Crippen MR) is 79.3 cm³/mol. The maximum absolute atomic E-state index is 12.4. The van der Waals surface area contributed by atoms with E-state index in [9.17, 15) is 19.2 Å². The summed E-state index contributed by atoms with van der Waals surface area (Å²) in [7, 11) is 0. The Hall–Kier alpha value is -1.92. The van der Waals surface area contributed by atoms with Crippen LogP contribution in [0.3, 0.4) is 0 Å². The van der Waals surface area contributed by atoms with Gasteiger partial charge in [0.2, 0.25) is 5.78 Å². The van der Waals surface area contributed by atoms with E-state index in [0.29, 0.717) is 0 Å². The van der Waals surface area contributed by atoms with Crippen molar-refractivity contribution in [3.8, 4) is 0 Å². The van der Waals surface area contributed by atoms with Crippen LogP contribution >= 0.6 is 0 Å². The molecule has 0 aromatic rings. The lowest BCUT2D eigenvalue weighted by Gasteiger charge is -2.34. The molecular formula is C16H23NO6. The molecule has 1 saturated carbocycles. The number of likely N-dealkylation sites (tertiary alicyclic amines) is 1. The Balaban J connectivity index is 2.33. The first kappa shape index (κ1) is 17.4. The SMILES string of the molecule is CCOC(=O)[C@H]1C(=O)C(=O)N(C2CCCCC2)[C@@H]1C(=O)OCC. The van der Waals surface area contributed by atoms with Gasteiger partial charge in [-0.2, -0.15) is 0 Å². The summed E-state index contributed by atoms with van der Waals surface area (Å²) in [4.78, 5) is 50.4. The van der Waals surface area contributed by atoms with Crippen LogP contribution in [0.15, 0.2) is 0 Å². The molecule has 0 radical (unpaired) electrons. The minimum absolute atomic E-state index is 0.0791. The van der Waals surface area contributed by atoms with Crippen LogP contribution in [0.5, 0.6) is 0 Å². The molecule has 0 unspecified atom stereocenters. The van der Waals surface area contributed by atoms with Gasteiger partial charge < -0.3 is 14.4 Å². The van der Waals surface area contributed by atoms with E-state index >= 15 is 0 Å². The van der Waals surface area contributed by atoms with Crippen LogP contribution in [0.4, 0.5) is 0 Å².